The van der Waals surface area contributed by atoms with E-state index < -0.39 is 5.60 Å². The Morgan fingerprint density at radius 1 is 0.920 bits per heavy atom. The van der Waals surface area contributed by atoms with E-state index in [1.807, 2.05) is 55.5 Å². The zero-order valence-corrected chi connectivity index (χ0v) is 14.1. The van der Waals surface area contributed by atoms with Crippen molar-refractivity contribution in [2.24, 2.45) is 0 Å². The molecule has 0 saturated carbocycles. The third-order valence-electron chi connectivity index (χ3n) is 4.90. The average Bonchev–Trinajstić information content (AvgIpc) is 2.90. The van der Waals surface area contributed by atoms with Crippen LogP contribution in [0.3, 0.4) is 0 Å². The molecule has 1 atom stereocenters. The molecule has 0 radical (unpaired) electrons. The number of hydrogen-bond acceptors (Lipinski definition) is 3. The Hall–Kier alpha value is -2.78. The highest BCUT2D eigenvalue weighted by molar-refractivity contribution is 6.30. The maximum absolute atomic E-state index is 12.7. The molecule has 1 unspecified atom stereocenters. The van der Waals surface area contributed by atoms with Gasteiger partial charge >= 0.3 is 5.97 Å². The summed E-state index contributed by atoms with van der Waals surface area (Å²) in [4.78, 5) is 12.7. The van der Waals surface area contributed by atoms with Crippen LogP contribution in [0.5, 0.6) is 11.5 Å². The number of benzene rings is 3. The van der Waals surface area contributed by atoms with E-state index in [1.165, 1.54) is 0 Å². The van der Waals surface area contributed by atoms with E-state index in [0.29, 0.717) is 22.1 Å². The minimum absolute atomic E-state index is 0.336. The molecule has 2 heterocycles. The Morgan fingerprint density at radius 2 is 1.76 bits per heavy atom. The van der Waals surface area contributed by atoms with E-state index >= 15 is 0 Å². The highest BCUT2D eigenvalue weighted by Gasteiger charge is 2.54. The van der Waals surface area contributed by atoms with Crippen molar-refractivity contribution in [3.63, 3.8) is 0 Å². The van der Waals surface area contributed by atoms with Crippen LogP contribution in [-0.4, -0.2) is 5.97 Å². The van der Waals surface area contributed by atoms with Crippen molar-refractivity contribution in [3.05, 3.63) is 93.5 Å². The molecule has 1 spiro atoms. The number of fused-ring (bicyclic) bond motifs is 6. The number of carbonyl (C=O) groups is 1. The topological polar surface area (TPSA) is 35.5 Å². The van der Waals surface area contributed by atoms with E-state index in [-0.39, 0.29) is 5.97 Å². The number of hydrogen-bond donors (Lipinski definition) is 0. The minimum Gasteiger partial charge on any atom is -0.456 e. The van der Waals surface area contributed by atoms with Gasteiger partial charge < -0.3 is 9.47 Å². The smallest absolute Gasteiger partial charge is 0.340 e. The van der Waals surface area contributed by atoms with E-state index in [1.54, 1.807) is 12.1 Å². The van der Waals surface area contributed by atoms with Crippen LogP contribution in [0, 0.1) is 6.92 Å². The molecule has 2 aliphatic rings. The number of halogens is 1. The van der Waals surface area contributed by atoms with Crippen LogP contribution >= 0.6 is 11.6 Å². The highest BCUT2D eigenvalue weighted by atomic mass is 35.5. The fraction of sp³-hybridized carbons (Fsp3) is 0.0952. The first-order valence-corrected chi connectivity index (χ1v) is 8.40. The van der Waals surface area contributed by atoms with Gasteiger partial charge in [-0.05, 0) is 42.8 Å². The van der Waals surface area contributed by atoms with Crippen LogP contribution in [0.2, 0.25) is 5.02 Å². The first-order valence-electron chi connectivity index (χ1n) is 8.02. The fourth-order valence-electron chi connectivity index (χ4n) is 3.90. The van der Waals surface area contributed by atoms with E-state index in [9.17, 15) is 4.79 Å². The van der Waals surface area contributed by atoms with Gasteiger partial charge in [0.2, 0.25) is 0 Å². The number of aryl methyl sites for hydroxylation is 1. The van der Waals surface area contributed by atoms with Gasteiger partial charge in [0.1, 0.15) is 11.5 Å². The molecule has 0 saturated heterocycles. The average molecular weight is 349 g/mol. The summed E-state index contributed by atoms with van der Waals surface area (Å²) in [6.07, 6.45) is 0. The Balaban J connectivity index is 1.96. The van der Waals surface area contributed by atoms with Crippen molar-refractivity contribution in [2.45, 2.75) is 12.5 Å². The molecule has 0 bridgehead atoms. The van der Waals surface area contributed by atoms with Crippen LogP contribution in [0.25, 0.3) is 0 Å². The van der Waals surface area contributed by atoms with Crippen molar-refractivity contribution in [3.8, 4) is 11.5 Å². The molecule has 3 aromatic carbocycles. The molecule has 0 amide bonds. The van der Waals surface area contributed by atoms with Gasteiger partial charge in [-0.3, -0.25) is 0 Å². The van der Waals surface area contributed by atoms with Gasteiger partial charge in [0.25, 0.3) is 0 Å². The van der Waals surface area contributed by atoms with Crippen molar-refractivity contribution < 1.29 is 14.3 Å². The number of ether oxygens (including phenoxy) is 2. The lowest BCUT2D eigenvalue weighted by Gasteiger charge is -2.37. The quantitative estimate of drug-likeness (QED) is 0.523. The summed E-state index contributed by atoms with van der Waals surface area (Å²) >= 11 is 6.27. The van der Waals surface area contributed by atoms with Gasteiger partial charge in [-0.25, -0.2) is 4.79 Å². The fourth-order valence-corrected chi connectivity index (χ4v) is 4.07. The maximum atomic E-state index is 12.7. The molecule has 25 heavy (non-hydrogen) atoms. The third kappa shape index (κ3) is 1.79. The lowest BCUT2D eigenvalue weighted by Crippen LogP contribution is -2.33. The second-order valence-electron chi connectivity index (χ2n) is 6.31. The van der Waals surface area contributed by atoms with Crippen LogP contribution in [0.1, 0.15) is 32.6 Å². The van der Waals surface area contributed by atoms with E-state index in [0.717, 1.165) is 22.3 Å². The largest absolute Gasteiger partial charge is 0.456 e. The Morgan fingerprint density at radius 3 is 2.64 bits per heavy atom. The zero-order chi connectivity index (χ0) is 17.2. The van der Waals surface area contributed by atoms with Gasteiger partial charge in [-0.1, -0.05) is 41.9 Å². The number of esters is 1. The molecule has 0 N–H and O–H groups in total. The van der Waals surface area contributed by atoms with Crippen LogP contribution < -0.4 is 4.74 Å². The summed E-state index contributed by atoms with van der Waals surface area (Å²) in [6.45, 7) is 1.99. The van der Waals surface area contributed by atoms with E-state index in [2.05, 4.69) is 0 Å². The molecule has 2 aliphatic heterocycles. The first kappa shape index (κ1) is 14.6. The predicted octanol–water partition coefficient (Wildman–Crippen LogP) is 5.22. The summed E-state index contributed by atoms with van der Waals surface area (Å²) in [6, 6.07) is 18.7. The summed E-state index contributed by atoms with van der Waals surface area (Å²) in [5.74, 6) is 1.00. The summed E-state index contributed by atoms with van der Waals surface area (Å²) in [5.41, 5.74) is 2.95. The monoisotopic (exact) mass is 348 g/mol. The van der Waals surface area contributed by atoms with Crippen molar-refractivity contribution in [2.75, 3.05) is 0 Å². The SMILES string of the molecule is Cc1cccc2c1C1(OC(=O)c3ccccc31)c1cc(Cl)ccc1O2. The Bertz CT molecular complexity index is 1060. The molecule has 122 valence electrons. The molecular weight excluding hydrogens is 336 g/mol. The van der Waals surface area contributed by atoms with Gasteiger partial charge in [-0.15, -0.1) is 0 Å². The maximum Gasteiger partial charge on any atom is 0.340 e. The molecule has 3 aromatic rings. The second kappa shape index (κ2) is 4.87. The first-order chi connectivity index (χ1) is 12.1. The van der Waals surface area contributed by atoms with Crippen molar-refractivity contribution in [1.82, 2.24) is 0 Å². The van der Waals surface area contributed by atoms with Crippen molar-refractivity contribution in [1.29, 1.82) is 0 Å². The number of rotatable bonds is 0. The molecule has 5 rings (SSSR count). The Kier molecular flexibility index (Phi) is 2.83. The standard InChI is InChI=1S/C21H13ClO3/c1-12-5-4-8-18-19(12)21(16-11-13(22)9-10-17(16)24-18)15-7-3-2-6-14(15)20(23)25-21/h2-11H,1H3. The summed E-state index contributed by atoms with van der Waals surface area (Å²) < 4.78 is 12.2. The molecule has 0 aromatic heterocycles. The lowest BCUT2D eigenvalue weighted by molar-refractivity contribution is 0.0222. The highest BCUT2D eigenvalue weighted by Crippen LogP contribution is 2.57. The van der Waals surface area contributed by atoms with Gasteiger partial charge in [0, 0.05) is 16.1 Å². The molecule has 3 nitrogen and oxygen atoms in total. The number of carbonyl (C=O) groups excluding carboxylic acids is 1. The second-order valence-corrected chi connectivity index (χ2v) is 6.74. The Labute approximate surface area is 149 Å². The minimum atomic E-state index is -1.03. The summed E-state index contributed by atoms with van der Waals surface area (Å²) in [7, 11) is 0. The normalized spacial score (nSPS) is 19.7. The summed E-state index contributed by atoms with van der Waals surface area (Å²) in [5, 5.41) is 0.569. The lowest BCUT2D eigenvalue weighted by atomic mass is 9.76. The molecule has 0 fully saturated rings. The van der Waals surface area contributed by atoms with Crippen molar-refractivity contribution >= 4 is 17.6 Å². The molecule has 0 aliphatic carbocycles. The van der Waals surface area contributed by atoms with Crippen LogP contribution in [-0.2, 0) is 10.3 Å². The van der Waals surface area contributed by atoms with Crippen LogP contribution in [0.4, 0.5) is 0 Å². The van der Waals surface area contributed by atoms with Gasteiger partial charge in [0.15, 0.2) is 5.60 Å². The van der Waals surface area contributed by atoms with Crippen LogP contribution in [0.15, 0.2) is 60.7 Å². The van der Waals surface area contributed by atoms with E-state index in [4.69, 9.17) is 21.1 Å². The van der Waals surface area contributed by atoms with Gasteiger partial charge in [0.05, 0.1) is 11.1 Å². The molecular formula is C21H13ClO3. The predicted molar refractivity (Wildman–Crippen MR) is 94.4 cm³/mol. The third-order valence-corrected chi connectivity index (χ3v) is 5.13. The molecule has 4 heteroatoms. The van der Waals surface area contributed by atoms with Gasteiger partial charge in [-0.2, -0.15) is 0 Å². The zero-order valence-electron chi connectivity index (χ0n) is 13.4.